The lowest BCUT2D eigenvalue weighted by Crippen LogP contribution is -2.22. The lowest BCUT2D eigenvalue weighted by Gasteiger charge is -2.15. The largest absolute Gasteiger partial charge is 0.471 e. The van der Waals surface area contributed by atoms with Gasteiger partial charge < -0.3 is 20.4 Å². The van der Waals surface area contributed by atoms with Crippen LogP contribution in [-0.2, 0) is 17.5 Å². The summed E-state index contributed by atoms with van der Waals surface area (Å²) in [6.07, 6.45) is 0.875. The molecule has 2 aromatic heterocycles. The number of hydrogen-bond acceptors (Lipinski definition) is 6. The van der Waals surface area contributed by atoms with Crippen molar-refractivity contribution in [3.63, 3.8) is 0 Å². The third kappa shape index (κ3) is 13.2. The molecule has 46 heavy (non-hydrogen) atoms. The van der Waals surface area contributed by atoms with Crippen LogP contribution in [0.1, 0.15) is 87.2 Å². The summed E-state index contributed by atoms with van der Waals surface area (Å²) in [5.41, 5.74) is -0.855. The van der Waals surface area contributed by atoms with Gasteiger partial charge in [-0.1, -0.05) is 52.0 Å². The van der Waals surface area contributed by atoms with Crippen LogP contribution in [-0.4, -0.2) is 46.4 Å². The molecule has 4 rings (SSSR count). The number of rotatable bonds is 10. The Morgan fingerprint density at radius 3 is 2.22 bits per heavy atom. The summed E-state index contributed by atoms with van der Waals surface area (Å²) in [5, 5.41) is 5.19. The molecular weight excluding hydrogens is 630 g/mol. The maximum atomic E-state index is 13.6. The van der Waals surface area contributed by atoms with Gasteiger partial charge in [0.15, 0.2) is 18.0 Å². The number of aromatic nitrogens is 3. The number of Topliss-reactive ketones (excluding diaryl/α,β-unsaturated/α-hetero) is 1. The van der Waals surface area contributed by atoms with E-state index in [2.05, 4.69) is 32.5 Å². The van der Waals surface area contributed by atoms with Crippen molar-refractivity contribution >= 4 is 34.5 Å². The summed E-state index contributed by atoms with van der Waals surface area (Å²) in [7, 11) is 0. The first kappa shape index (κ1) is 38.2. The maximum Gasteiger partial charge on any atom is 0.418 e. The van der Waals surface area contributed by atoms with Crippen LogP contribution >= 0.6 is 0 Å². The van der Waals surface area contributed by atoms with Crippen molar-refractivity contribution in [2.75, 3.05) is 11.9 Å². The fourth-order valence-electron chi connectivity index (χ4n) is 4.49. The minimum atomic E-state index is -4.69. The summed E-state index contributed by atoms with van der Waals surface area (Å²) in [4.78, 5) is 34.3. The molecule has 1 aliphatic carbocycles. The summed E-state index contributed by atoms with van der Waals surface area (Å²) in [6.45, 7) is 0.743. The number of pyridine rings is 1. The second kappa shape index (κ2) is 18.2. The first-order valence-electron chi connectivity index (χ1n) is 14.6. The van der Waals surface area contributed by atoms with Gasteiger partial charge in [-0.05, 0) is 43.0 Å². The number of fused-ring (bicyclic) bond motifs is 1. The number of imidazole rings is 1. The third-order valence-electron chi connectivity index (χ3n) is 6.67. The molecule has 256 valence electrons. The number of carbonyl (C=O) groups excluding carboxylic acids is 2. The van der Waals surface area contributed by atoms with E-state index in [9.17, 15) is 44.7 Å². The van der Waals surface area contributed by atoms with Crippen LogP contribution in [0.5, 0.6) is 5.88 Å². The van der Waals surface area contributed by atoms with Gasteiger partial charge in [-0.3, -0.25) is 9.59 Å². The predicted octanol–water partition coefficient (Wildman–Crippen LogP) is 8.75. The molecule has 1 aliphatic rings. The number of hydrogen-bond donors (Lipinski definition) is 3. The van der Waals surface area contributed by atoms with Crippen LogP contribution < -0.4 is 15.4 Å². The summed E-state index contributed by atoms with van der Waals surface area (Å²) >= 11 is 0. The van der Waals surface area contributed by atoms with Gasteiger partial charge in [0.25, 0.3) is 6.43 Å². The maximum absolute atomic E-state index is 13.6. The molecule has 0 saturated heterocycles. The smallest absolute Gasteiger partial charge is 0.418 e. The Hall–Kier alpha value is -3.98. The molecule has 1 saturated carbocycles. The Morgan fingerprint density at radius 2 is 1.70 bits per heavy atom. The van der Waals surface area contributed by atoms with Crippen LogP contribution in [0.15, 0.2) is 24.3 Å². The zero-order chi connectivity index (χ0) is 34.4. The molecule has 1 amide bonds. The molecular formula is C30H37F8N5O3. The Labute approximate surface area is 260 Å². The number of nitrogens with one attached hydrogen (secondary N) is 3. The highest BCUT2D eigenvalue weighted by molar-refractivity contribution is 5.99. The first-order valence-corrected chi connectivity index (χ1v) is 14.6. The van der Waals surface area contributed by atoms with Crippen LogP contribution in [0.25, 0.3) is 11.2 Å². The Bertz CT molecular complexity index is 1410. The molecule has 0 unspecified atom stereocenters. The SMILES string of the molecule is CC1CCCCC1.CCCC(=O)NCc1ccc(C(F)(F)F)c(Nc2nc3nc(OCC(F)F)c(C(C)=O)cc3[nH]2)c1.FC(F)F. The van der Waals surface area contributed by atoms with E-state index in [4.69, 9.17) is 4.74 Å². The van der Waals surface area contributed by atoms with E-state index < -0.39 is 37.2 Å². The minimum absolute atomic E-state index is 0.0279. The molecule has 1 aromatic carbocycles. The minimum Gasteiger partial charge on any atom is -0.471 e. The number of anilines is 2. The number of aromatic amines is 1. The van der Waals surface area contributed by atoms with Crippen molar-refractivity contribution in [2.24, 2.45) is 5.92 Å². The van der Waals surface area contributed by atoms with Crippen LogP contribution in [0.4, 0.5) is 46.8 Å². The summed E-state index contributed by atoms with van der Waals surface area (Å²) in [5.74, 6) is -0.190. The lowest BCUT2D eigenvalue weighted by molar-refractivity contribution is -0.137. The number of ether oxygens (including phenoxy) is 1. The Kier molecular flexibility index (Phi) is 15.1. The first-order chi connectivity index (χ1) is 21.6. The highest BCUT2D eigenvalue weighted by atomic mass is 19.4. The van der Waals surface area contributed by atoms with Crippen molar-refractivity contribution in [3.8, 4) is 5.88 Å². The second-order valence-corrected chi connectivity index (χ2v) is 10.6. The third-order valence-corrected chi connectivity index (χ3v) is 6.67. The van der Waals surface area contributed by atoms with E-state index in [1.54, 1.807) is 0 Å². The zero-order valence-electron chi connectivity index (χ0n) is 25.5. The molecule has 2 heterocycles. The lowest BCUT2D eigenvalue weighted by atomic mass is 9.91. The monoisotopic (exact) mass is 667 g/mol. The Balaban J connectivity index is 0.000000566. The van der Waals surface area contributed by atoms with E-state index in [1.807, 2.05) is 6.92 Å². The number of amides is 1. The number of ketones is 1. The summed E-state index contributed by atoms with van der Waals surface area (Å²) in [6, 6.07) is 4.64. The van der Waals surface area contributed by atoms with Gasteiger partial charge in [0, 0.05) is 13.0 Å². The topological polar surface area (TPSA) is 109 Å². The van der Waals surface area contributed by atoms with Gasteiger partial charge in [-0.2, -0.15) is 36.3 Å². The molecule has 1 fully saturated rings. The van der Waals surface area contributed by atoms with Gasteiger partial charge in [-0.15, -0.1) is 0 Å². The highest BCUT2D eigenvalue weighted by Crippen LogP contribution is 2.37. The van der Waals surface area contributed by atoms with Crippen molar-refractivity contribution in [2.45, 2.75) is 91.5 Å². The van der Waals surface area contributed by atoms with Gasteiger partial charge in [0.2, 0.25) is 17.7 Å². The fraction of sp³-hybridized carbons (Fsp3) is 0.533. The molecule has 0 spiro atoms. The van der Waals surface area contributed by atoms with Crippen molar-refractivity contribution < 1.29 is 49.4 Å². The number of alkyl halides is 8. The standard InChI is InChI=1S/C22H22F5N5O3.C7H14.CHF3/c1-3-4-18(34)28-9-12-5-6-14(22(25,26)27)15(7-12)29-21-30-16-8-13(11(2)33)20(31-19(16)32-21)35-10-17(23)24;1-7-5-3-2-4-6-7;2-1(3)4/h5-8,17H,3-4,9-10H2,1-2H3,(H,28,34)(H2,29,30,31,32);7H,2-6H2,1H3;1H. The van der Waals surface area contributed by atoms with Gasteiger partial charge >= 0.3 is 12.9 Å². The van der Waals surface area contributed by atoms with Gasteiger partial charge in [0.1, 0.15) is 0 Å². The zero-order valence-corrected chi connectivity index (χ0v) is 25.5. The number of carbonyl (C=O) groups is 2. The van der Waals surface area contributed by atoms with E-state index in [0.29, 0.717) is 18.4 Å². The molecule has 0 bridgehead atoms. The predicted molar refractivity (Wildman–Crippen MR) is 156 cm³/mol. The summed E-state index contributed by atoms with van der Waals surface area (Å²) < 4.78 is 99.7. The molecule has 0 aliphatic heterocycles. The van der Waals surface area contributed by atoms with Crippen LogP contribution in [0, 0.1) is 5.92 Å². The highest BCUT2D eigenvalue weighted by Gasteiger charge is 2.34. The van der Waals surface area contributed by atoms with Crippen molar-refractivity contribution in [1.29, 1.82) is 0 Å². The second-order valence-electron chi connectivity index (χ2n) is 10.6. The molecule has 16 heteroatoms. The number of benzene rings is 1. The van der Waals surface area contributed by atoms with Gasteiger partial charge in [-0.25, -0.2) is 8.78 Å². The van der Waals surface area contributed by atoms with Crippen molar-refractivity contribution in [1.82, 2.24) is 20.3 Å². The van der Waals surface area contributed by atoms with Gasteiger partial charge in [0.05, 0.1) is 22.3 Å². The average Bonchev–Trinajstić information content (AvgIpc) is 3.35. The molecule has 0 radical (unpaired) electrons. The molecule has 8 nitrogen and oxygen atoms in total. The fourth-order valence-corrected chi connectivity index (χ4v) is 4.49. The van der Waals surface area contributed by atoms with E-state index in [1.165, 1.54) is 57.2 Å². The molecule has 3 aromatic rings. The van der Waals surface area contributed by atoms with Crippen LogP contribution in [0.3, 0.4) is 0 Å². The quantitative estimate of drug-likeness (QED) is 0.147. The normalized spacial score (nSPS) is 13.5. The number of H-pyrrole nitrogens is 1. The average molecular weight is 668 g/mol. The van der Waals surface area contributed by atoms with Crippen LogP contribution in [0.2, 0.25) is 0 Å². The molecule has 3 N–H and O–H groups in total. The number of halogens is 8. The van der Waals surface area contributed by atoms with Crippen molar-refractivity contribution in [3.05, 3.63) is 41.0 Å². The Morgan fingerprint density at radius 1 is 1.04 bits per heavy atom. The number of nitrogens with zero attached hydrogens (tertiary/aromatic N) is 2. The van der Waals surface area contributed by atoms with E-state index >= 15 is 0 Å². The molecule has 0 atom stereocenters. The van der Waals surface area contributed by atoms with E-state index in [0.717, 1.165) is 12.0 Å². The van der Waals surface area contributed by atoms with E-state index in [-0.39, 0.29) is 46.7 Å².